The zero-order valence-corrected chi connectivity index (χ0v) is 16.2. The summed E-state index contributed by atoms with van der Waals surface area (Å²) in [6.45, 7) is 1.90. The van der Waals surface area contributed by atoms with Crippen LogP contribution in [0.3, 0.4) is 0 Å². The molecule has 0 amide bonds. The van der Waals surface area contributed by atoms with Crippen LogP contribution in [0.4, 0.5) is 5.82 Å². The van der Waals surface area contributed by atoms with Crippen LogP contribution in [0.25, 0.3) is 20.5 Å². The smallest absolute Gasteiger partial charge is 0.357 e. The molecule has 6 nitrogen and oxygen atoms in total. The molecule has 1 aliphatic rings. The number of hydrogen-bond acceptors (Lipinski definition) is 6. The number of fused-ring (bicyclic) bond motifs is 1. The van der Waals surface area contributed by atoms with Crippen molar-refractivity contribution in [2.24, 2.45) is 0 Å². The van der Waals surface area contributed by atoms with E-state index < -0.39 is 5.97 Å². The number of halogens is 1. The zero-order valence-electron chi connectivity index (χ0n) is 13.8. The van der Waals surface area contributed by atoms with Crippen LogP contribution in [-0.4, -0.2) is 40.4 Å². The van der Waals surface area contributed by atoms with Gasteiger partial charge in [0.05, 0.1) is 4.70 Å². The molecule has 3 heterocycles. The quantitative estimate of drug-likeness (QED) is 0.577. The SMILES string of the molecule is O=C(O)c1nnc(NC2CCCNC2)c2cc(-c3cccc(Br)c3)sc12. The third kappa shape index (κ3) is 3.44. The van der Waals surface area contributed by atoms with Gasteiger partial charge in [-0.2, -0.15) is 0 Å². The van der Waals surface area contributed by atoms with Crippen molar-refractivity contribution < 1.29 is 9.90 Å². The van der Waals surface area contributed by atoms with Gasteiger partial charge in [-0.1, -0.05) is 28.1 Å². The summed E-state index contributed by atoms with van der Waals surface area (Å²) in [7, 11) is 0. The van der Waals surface area contributed by atoms with Gasteiger partial charge >= 0.3 is 5.97 Å². The molecule has 2 aromatic heterocycles. The Morgan fingerprint density at radius 3 is 2.96 bits per heavy atom. The van der Waals surface area contributed by atoms with E-state index in [9.17, 15) is 9.90 Å². The Hall–Kier alpha value is -2.03. The lowest BCUT2D eigenvalue weighted by molar-refractivity contribution is 0.0692. The molecule has 134 valence electrons. The molecule has 3 aromatic rings. The van der Waals surface area contributed by atoms with Gasteiger partial charge in [-0.15, -0.1) is 21.5 Å². The first-order valence-electron chi connectivity index (χ1n) is 8.38. The van der Waals surface area contributed by atoms with Crippen LogP contribution >= 0.6 is 27.3 Å². The van der Waals surface area contributed by atoms with E-state index in [1.54, 1.807) is 0 Å². The minimum absolute atomic E-state index is 0.00133. The summed E-state index contributed by atoms with van der Waals surface area (Å²) in [5.41, 5.74) is 1.03. The van der Waals surface area contributed by atoms with Crippen LogP contribution in [0.15, 0.2) is 34.8 Å². The van der Waals surface area contributed by atoms with E-state index in [0.717, 1.165) is 46.2 Å². The Balaban J connectivity index is 1.80. The lowest BCUT2D eigenvalue weighted by Gasteiger charge is -2.24. The first kappa shape index (κ1) is 17.4. The fourth-order valence-electron chi connectivity index (χ4n) is 3.14. The Morgan fingerprint density at radius 2 is 2.23 bits per heavy atom. The average molecular weight is 433 g/mol. The summed E-state index contributed by atoms with van der Waals surface area (Å²) in [6.07, 6.45) is 2.16. The number of carboxylic acids is 1. The molecule has 1 unspecified atom stereocenters. The monoisotopic (exact) mass is 432 g/mol. The second-order valence-electron chi connectivity index (χ2n) is 6.25. The number of carbonyl (C=O) groups is 1. The largest absolute Gasteiger partial charge is 0.476 e. The molecule has 4 rings (SSSR count). The number of rotatable bonds is 4. The van der Waals surface area contributed by atoms with E-state index in [0.29, 0.717) is 10.5 Å². The number of aromatic nitrogens is 2. The van der Waals surface area contributed by atoms with Crippen molar-refractivity contribution in [2.75, 3.05) is 18.4 Å². The van der Waals surface area contributed by atoms with Gasteiger partial charge in [0.2, 0.25) is 0 Å². The third-order valence-electron chi connectivity index (χ3n) is 4.40. The lowest BCUT2D eigenvalue weighted by Crippen LogP contribution is -2.38. The molecule has 0 bridgehead atoms. The molecule has 1 aromatic carbocycles. The molecule has 0 aliphatic carbocycles. The number of anilines is 1. The van der Waals surface area contributed by atoms with Gasteiger partial charge in [0.25, 0.3) is 0 Å². The molecule has 0 saturated carbocycles. The third-order valence-corrected chi connectivity index (χ3v) is 6.09. The van der Waals surface area contributed by atoms with Crippen molar-refractivity contribution in [3.8, 4) is 10.4 Å². The second-order valence-corrected chi connectivity index (χ2v) is 8.22. The molecule has 3 N–H and O–H groups in total. The normalized spacial score (nSPS) is 17.3. The van der Waals surface area contributed by atoms with Crippen molar-refractivity contribution >= 4 is 49.1 Å². The Morgan fingerprint density at radius 1 is 1.35 bits per heavy atom. The van der Waals surface area contributed by atoms with E-state index in [4.69, 9.17) is 0 Å². The van der Waals surface area contributed by atoms with Crippen LogP contribution in [0.5, 0.6) is 0 Å². The molecule has 8 heteroatoms. The van der Waals surface area contributed by atoms with Gasteiger partial charge in [-0.3, -0.25) is 0 Å². The highest BCUT2D eigenvalue weighted by Gasteiger charge is 2.21. The number of piperidine rings is 1. The van der Waals surface area contributed by atoms with Crippen LogP contribution in [0.2, 0.25) is 0 Å². The van der Waals surface area contributed by atoms with Gasteiger partial charge < -0.3 is 15.7 Å². The number of benzene rings is 1. The predicted octanol–water partition coefficient (Wildman–Crippen LogP) is 3.98. The van der Waals surface area contributed by atoms with E-state index in [1.807, 2.05) is 30.3 Å². The van der Waals surface area contributed by atoms with Crippen molar-refractivity contribution in [3.05, 3.63) is 40.5 Å². The van der Waals surface area contributed by atoms with Gasteiger partial charge in [-0.05, 0) is 43.1 Å². The van der Waals surface area contributed by atoms with Crippen molar-refractivity contribution in [2.45, 2.75) is 18.9 Å². The van der Waals surface area contributed by atoms with Crippen LogP contribution < -0.4 is 10.6 Å². The number of thiophene rings is 1. The van der Waals surface area contributed by atoms with Gasteiger partial charge in [0, 0.05) is 27.3 Å². The fourth-order valence-corrected chi connectivity index (χ4v) is 4.67. The molecule has 1 atom stereocenters. The summed E-state index contributed by atoms with van der Waals surface area (Å²) in [5, 5.41) is 25.2. The van der Waals surface area contributed by atoms with E-state index in [2.05, 4.69) is 36.8 Å². The second kappa shape index (κ2) is 7.30. The average Bonchev–Trinajstić information content (AvgIpc) is 3.08. The van der Waals surface area contributed by atoms with Crippen LogP contribution in [0, 0.1) is 0 Å². The molecule has 1 fully saturated rings. The topological polar surface area (TPSA) is 87.1 Å². The maximum Gasteiger partial charge on any atom is 0.357 e. The maximum atomic E-state index is 11.6. The lowest BCUT2D eigenvalue weighted by atomic mass is 10.1. The molecule has 1 saturated heterocycles. The predicted molar refractivity (Wildman–Crippen MR) is 107 cm³/mol. The summed E-state index contributed by atoms with van der Waals surface area (Å²) in [4.78, 5) is 12.6. The minimum atomic E-state index is -1.06. The first-order chi connectivity index (χ1) is 12.6. The Labute approximate surface area is 162 Å². The van der Waals surface area contributed by atoms with Gasteiger partial charge in [0.15, 0.2) is 11.5 Å². The number of hydrogen-bond donors (Lipinski definition) is 3. The Kier molecular flexibility index (Phi) is 4.88. The summed E-state index contributed by atoms with van der Waals surface area (Å²) in [5.74, 6) is -0.410. The fraction of sp³-hybridized carbons (Fsp3) is 0.278. The molecule has 26 heavy (non-hydrogen) atoms. The number of nitrogens with one attached hydrogen (secondary N) is 2. The standard InChI is InChI=1S/C18H17BrN4O2S/c19-11-4-1-3-10(7-11)14-8-13-16(26-14)15(18(24)25)22-23-17(13)21-12-5-2-6-20-9-12/h1,3-4,7-8,12,20H,2,5-6,9H2,(H,21,23)(H,24,25). The van der Waals surface area contributed by atoms with Crippen LogP contribution in [0.1, 0.15) is 23.3 Å². The van der Waals surface area contributed by atoms with Gasteiger partial charge in [-0.25, -0.2) is 4.79 Å². The number of nitrogens with zero attached hydrogens (tertiary/aromatic N) is 2. The highest BCUT2D eigenvalue weighted by molar-refractivity contribution is 9.10. The van der Waals surface area contributed by atoms with E-state index in [1.165, 1.54) is 11.3 Å². The number of carboxylic acid groups (broad SMARTS) is 1. The highest BCUT2D eigenvalue weighted by atomic mass is 79.9. The zero-order chi connectivity index (χ0) is 18.1. The summed E-state index contributed by atoms with van der Waals surface area (Å²) >= 11 is 4.92. The van der Waals surface area contributed by atoms with Crippen LogP contribution in [-0.2, 0) is 0 Å². The molecular formula is C18H17BrN4O2S. The van der Waals surface area contributed by atoms with Crippen molar-refractivity contribution in [1.82, 2.24) is 15.5 Å². The first-order valence-corrected chi connectivity index (χ1v) is 9.99. The van der Waals surface area contributed by atoms with Crippen molar-refractivity contribution in [3.63, 3.8) is 0 Å². The molecular weight excluding hydrogens is 416 g/mol. The highest BCUT2D eigenvalue weighted by Crippen LogP contribution is 2.38. The van der Waals surface area contributed by atoms with Gasteiger partial charge in [0.1, 0.15) is 0 Å². The Bertz CT molecular complexity index is 969. The van der Waals surface area contributed by atoms with E-state index in [-0.39, 0.29) is 11.7 Å². The summed E-state index contributed by atoms with van der Waals surface area (Å²) in [6, 6.07) is 10.2. The minimum Gasteiger partial charge on any atom is -0.476 e. The van der Waals surface area contributed by atoms with E-state index >= 15 is 0 Å². The summed E-state index contributed by atoms with van der Waals surface area (Å²) < 4.78 is 1.63. The molecule has 0 radical (unpaired) electrons. The molecule has 1 aliphatic heterocycles. The number of aromatic carboxylic acids is 1. The maximum absolute atomic E-state index is 11.6. The van der Waals surface area contributed by atoms with Crippen molar-refractivity contribution in [1.29, 1.82) is 0 Å². The molecule has 0 spiro atoms.